The number of aliphatic hydroxyl groups is 4. The summed E-state index contributed by atoms with van der Waals surface area (Å²) in [6.07, 6.45) is 9.76. The number of esters is 2. The molecule has 1 aliphatic carbocycles. The van der Waals surface area contributed by atoms with Crippen LogP contribution < -0.4 is 0 Å². The third kappa shape index (κ3) is 16.0. The Bertz CT molecular complexity index is 2010. The van der Waals surface area contributed by atoms with Crippen molar-refractivity contribution in [1.29, 1.82) is 0 Å². The van der Waals surface area contributed by atoms with E-state index in [0.717, 1.165) is 10.5 Å². The van der Waals surface area contributed by atoms with Crippen LogP contribution >= 0.6 is 0 Å². The lowest BCUT2D eigenvalue weighted by Crippen LogP contribution is -2.61. The third-order valence-corrected chi connectivity index (χ3v) is 15.9. The lowest BCUT2D eigenvalue weighted by atomic mass is 9.78. The number of Topliss-reactive ketones (excluding diaryl/α,β-unsaturated/α-hetero) is 3. The molecule has 3 fully saturated rings. The third-order valence-electron chi connectivity index (χ3n) is 15.9. The van der Waals surface area contributed by atoms with Gasteiger partial charge < -0.3 is 53.7 Å². The van der Waals surface area contributed by atoms with Gasteiger partial charge in [0.15, 0.2) is 5.78 Å². The molecule has 3 aliphatic heterocycles. The molecule has 1 amide bonds. The van der Waals surface area contributed by atoms with E-state index in [9.17, 15) is 49.2 Å². The van der Waals surface area contributed by atoms with Crippen molar-refractivity contribution in [2.75, 3.05) is 41.1 Å². The number of fused-ring (bicyclic) bond motifs is 3. The molecule has 4 aliphatic rings. The molecule has 3 unspecified atom stereocenters. The molecule has 2 bridgehead atoms. The number of hydrogen-bond acceptors (Lipinski definition) is 16. The highest BCUT2D eigenvalue weighted by molar-refractivity contribution is 6.39. The first-order valence-electron chi connectivity index (χ1n) is 26.4. The molecule has 15 atom stereocenters. The molecule has 0 aromatic rings. The summed E-state index contributed by atoms with van der Waals surface area (Å²) in [5.41, 5.74) is -0.277. The number of ether oxygens (including phenoxy) is 6. The monoisotopic (exact) mass is 1030 g/mol. The zero-order valence-corrected chi connectivity index (χ0v) is 45.3. The Hall–Kier alpha value is -3.94. The van der Waals surface area contributed by atoms with Crippen LogP contribution in [0.2, 0.25) is 0 Å². The summed E-state index contributed by atoms with van der Waals surface area (Å²) in [4.78, 5) is 85.4. The minimum Gasteiger partial charge on any atom is -0.460 e. The minimum absolute atomic E-state index is 0.00697. The fourth-order valence-electron chi connectivity index (χ4n) is 10.7. The minimum atomic E-state index is -2.47. The number of nitrogens with zero attached hydrogens (tertiary/aromatic N) is 1. The Labute approximate surface area is 433 Å². The number of methoxy groups -OCH3 is 3. The van der Waals surface area contributed by atoms with Gasteiger partial charge in [-0.1, -0.05) is 71.1 Å². The van der Waals surface area contributed by atoms with Crippen molar-refractivity contribution in [3.8, 4) is 0 Å². The Morgan fingerprint density at radius 3 is 2.21 bits per heavy atom. The van der Waals surface area contributed by atoms with Gasteiger partial charge in [0, 0.05) is 58.5 Å². The van der Waals surface area contributed by atoms with Crippen LogP contribution in [0.25, 0.3) is 0 Å². The maximum atomic E-state index is 14.5. The predicted octanol–water partition coefficient (Wildman–Crippen LogP) is 5.72. The van der Waals surface area contributed by atoms with Gasteiger partial charge in [-0.05, 0) is 114 Å². The van der Waals surface area contributed by atoms with Crippen molar-refractivity contribution in [2.24, 2.45) is 40.9 Å². The summed E-state index contributed by atoms with van der Waals surface area (Å²) in [5.74, 6) is -9.36. The summed E-state index contributed by atoms with van der Waals surface area (Å²) < 4.78 is 35.4. The maximum absolute atomic E-state index is 14.5. The van der Waals surface area contributed by atoms with Crippen LogP contribution in [0, 0.1) is 40.9 Å². The number of ketones is 3. The lowest BCUT2D eigenvalue weighted by molar-refractivity contribution is -0.265. The van der Waals surface area contributed by atoms with Gasteiger partial charge in [-0.15, -0.1) is 0 Å². The average Bonchev–Trinajstić information content (AvgIpc) is 3.37. The number of aliphatic hydroxyl groups excluding tert-OH is 3. The fraction of sp³-hybridized carbons (Fsp3) is 0.750. The molecular weight excluding hydrogens is 943 g/mol. The topological polar surface area (TPSA) is 242 Å². The second-order valence-corrected chi connectivity index (χ2v) is 21.8. The number of cyclic esters (lactones) is 1. The predicted molar refractivity (Wildman–Crippen MR) is 271 cm³/mol. The second-order valence-electron chi connectivity index (χ2n) is 21.8. The Morgan fingerprint density at radius 2 is 1.56 bits per heavy atom. The van der Waals surface area contributed by atoms with Gasteiger partial charge in [-0.3, -0.25) is 24.0 Å². The molecule has 0 spiro atoms. The van der Waals surface area contributed by atoms with E-state index in [1.165, 1.54) is 21.1 Å². The van der Waals surface area contributed by atoms with Gasteiger partial charge in [0.1, 0.15) is 41.7 Å². The number of amides is 1. The Morgan fingerprint density at radius 1 is 0.863 bits per heavy atom. The van der Waals surface area contributed by atoms with E-state index in [2.05, 4.69) is 0 Å². The van der Waals surface area contributed by atoms with Crippen LogP contribution in [0.4, 0.5) is 0 Å². The molecule has 4 rings (SSSR count). The highest BCUT2D eigenvalue weighted by Gasteiger charge is 2.53. The first kappa shape index (κ1) is 61.6. The van der Waals surface area contributed by atoms with Crippen molar-refractivity contribution in [1.82, 2.24) is 4.90 Å². The van der Waals surface area contributed by atoms with E-state index in [-0.39, 0.29) is 42.8 Å². The van der Waals surface area contributed by atoms with Crippen LogP contribution in [0.3, 0.4) is 0 Å². The van der Waals surface area contributed by atoms with Crippen molar-refractivity contribution in [3.05, 3.63) is 47.6 Å². The fourth-order valence-corrected chi connectivity index (χ4v) is 10.7. The van der Waals surface area contributed by atoms with Crippen molar-refractivity contribution in [2.45, 2.75) is 187 Å². The normalized spacial score (nSPS) is 37.4. The van der Waals surface area contributed by atoms with Gasteiger partial charge in [-0.25, -0.2) is 4.79 Å². The standard InChI is InChI=1S/C56H87NO16/c1-33-17-13-12-14-18-34(2)45(68-9)29-41-22-20-39(7)56(67,73-41)51(63)52(64)57-24-16-15-19-42(57)53(65)71-46(30-43(60)35(3)26-38(6)49(62)50(70-11)48(61)37(5)25-33)36(4)27-40-21-23-44(47(28-40)69-10)72-54(66)55(8,31-58)32-59/h12-14,17-18,26,33,35-37,39-42,44-47,49-50,58-59,62,67H,15-16,19-25,27-32H2,1-11H3/b14-12+,17-13+,34-18+,38-26+/t33-,35-,36-,37-,39-,40+,41?,42+,44?,45+,46?,47-,49-,50+,56-/m1/s1. The lowest BCUT2D eigenvalue weighted by Gasteiger charge is -2.42. The summed E-state index contributed by atoms with van der Waals surface area (Å²) >= 11 is 0. The van der Waals surface area contributed by atoms with Crippen LogP contribution in [0.1, 0.15) is 132 Å². The van der Waals surface area contributed by atoms with Gasteiger partial charge in [0.2, 0.25) is 5.79 Å². The molecule has 0 aromatic heterocycles. The number of rotatable bonds is 10. The summed E-state index contributed by atoms with van der Waals surface area (Å²) in [7, 11) is 4.43. The van der Waals surface area contributed by atoms with E-state index in [1.54, 1.807) is 40.9 Å². The molecule has 2 saturated heterocycles. The van der Waals surface area contributed by atoms with Crippen molar-refractivity contribution < 1.29 is 77.6 Å². The second kappa shape index (κ2) is 28.3. The number of piperidine rings is 1. The quantitative estimate of drug-likeness (QED) is 0.116. The molecule has 412 valence electrons. The van der Waals surface area contributed by atoms with Gasteiger partial charge >= 0.3 is 11.9 Å². The van der Waals surface area contributed by atoms with Crippen molar-refractivity contribution >= 4 is 35.2 Å². The highest BCUT2D eigenvalue weighted by atomic mass is 16.6. The van der Waals surface area contributed by atoms with E-state index < -0.39 is 120 Å². The van der Waals surface area contributed by atoms with Crippen molar-refractivity contribution in [3.63, 3.8) is 0 Å². The largest absolute Gasteiger partial charge is 0.460 e. The van der Waals surface area contributed by atoms with Crippen LogP contribution in [-0.2, 0) is 57.2 Å². The number of hydrogen-bond donors (Lipinski definition) is 4. The number of carbonyl (C=O) groups excluding carboxylic acids is 6. The summed E-state index contributed by atoms with van der Waals surface area (Å²) in [5, 5.41) is 43.1. The summed E-state index contributed by atoms with van der Waals surface area (Å²) in [6.45, 7) is 12.7. The molecule has 17 nitrogen and oxygen atoms in total. The average molecular weight is 1030 g/mol. The smallest absolute Gasteiger partial charge is 0.329 e. The molecule has 0 radical (unpaired) electrons. The number of allylic oxidation sites excluding steroid dienone is 6. The number of carbonyl (C=O) groups is 6. The molecular formula is C56H87NO16. The molecule has 3 heterocycles. The van der Waals surface area contributed by atoms with E-state index in [0.29, 0.717) is 69.8 Å². The highest BCUT2D eigenvalue weighted by Crippen LogP contribution is 2.38. The maximum Gasteiger partial charge on any atom is 0.329 e. The zero-order chi connectivity index (χ0) is 54.4. The van der Waals surface area contributed by atoms with Gasteiger partial charge in [0.05, 0.1) is 31.5 Å². The summed E-state index contributed by atoms with van der Waals surface area (Å²) in [6, 6.07) is -1.20. The van der Waals surface area contributed by atoms with E-state index in [4.69, 9.17) is 28.4 Å². The van der Waals surface area contributed by atoms with Gasteiger partial charge in [-0.2, -0.15) is 0 Å². The van der Waals surface area contributed by atoms with Crippen LogP contribution in [-0.4, -0.2) is 156 Å². The molecule has 1 saturated carbocycles. The Kier molecular flexibility index (Phi) is 23.9. The van der Waals surface area contributed by atoms with Gasteiger partial charge in [0.25, 0.3) is 11.7 Å². The molecule has 17 heteroatoms. The molecule has 0 aromatic carbocycles. The van der Waals surface area contributed by atoms with E-state index in [1.807, 2.05) is 51.2 Å². The first-order valence-corrected chi connectivity index (χ1v) is 26.4. The molecule has 4 N–H and O–H groups in total. The zero-order valence-electron chi connectivity index (χ0n) is 45.3. The van der Waals surface area contributed by atoms with Crippen LogP contribution in [0.5, 0.6) is 0 Å². The van der Waals surface area contributed by atoms with Crippen LogP contribution in [0.15, 0.2) is 47.6 Å². The first-order chi connectivity index (χ1) is 34.5. The Balaban J connectivity index is 1.69. The molecule has 73 heavy (non-hydrogen) atoms. The SMILES string of the molecule is CO[C@H]1CC2CC[C@@H](C)[C@@](O)(O2)C(=O)C(=O)N2CCCC[C@H]2C(=O)OC([C@H](C)C[C@@H]2CCC(OC(=O)C(C)(CO)CO)[C@H](OC)C2)CC(=O)[C@H](C)/C=C(\C)[C@@H](O)[C@@H](OC)C(=O)[C@H](C)C[C@H](C)/C=C/C=C/C=C/1C. The van der Waals surface area contributed by atoms with E-state index >= 15 is 0 Å².